The highest BCUT2D eigenvalue weighted by Crippen LogP contribution is 2.13. The summed E-state index contributed by atoms with van der Waals surface area (Å²) in [4.78, 5) is 23.4. The number of amides is 1. The van der Waals surface area contributed by atoms with E-state index >= 15 is 0 Å². The molecule has 0 atom stereocenters. The largest absolute Gasteiger partial charge is 0.497 e. The van der Waals surface area contributed by atoms with E-state index in [1.165, 1.54) is 7.11 Å². The first-order valence-corrected chi connectivity index (χ1v) is 7.44. The first kappa shape index (κ1) is 17.3. The highest BCUT2D eigenvalue weighted by atomic mass is 16.5. The summed E-state index contributed by atoms with van der Waals surface area (Å²) in [7, 11) is 2.93. The lowest BCUT2D eigenvalue weighted by Crippen LogP contribution is -2.29. The van der Waals surface area contributed by atoms with Crippen LogP contribution in [0.25, 0.3) is 0 Å². The average Bonchev–Trinajstić information content (AvgIpc) is 2.64. The third kappa shape index (κ3) is 5.01. The summed E-state index contributed by atoms with van der Waals surface area (Å²) in [5, 5.41) is 5.80. The summed E-state index contributed by atoms with van der Waals surface area (Å²) in [5.74, 6) is 0.182. The maximum absolute atomic E-state index is 11.9. The smallest absolute Gasteiger partial charge is 0.337 e. The minimum atomic E-state index is -0.416. The molecule has 0 fully saturated rings. The van der Waals surface area contributed by atoms with Crippen LogP contribution in [0.3, 0.4) is 0 Å². The van der Waals surface area contributed by atoms with Gasteiger partial charge in [-0.15, -0.1) is 0 Å². The molecule has 0 aliphatic rings. The second kappa shape index (κ2) is 8.57. The van der Waals surface area contributed by atoms with Gasteiger partial charge in [0, 0.05) is 12.2 Å². The van der Waals surface area contributed by atoms with Gasteiger partial charge in [-0.3, -0.25) is 4.79 Å². The normalized spacial score (nSPS) is 9.92. The average molecular weight is 328 g/mol. The Kier molecular flexibility index (Phi) is 6.19. The number of carbonyl (C=O) groups is 2. The van der Waals surface area contributed by atoms with E-state index in [0.717, 1.165) is 11.3 Å². The zero-order chi connectivity index (χ0) is 17.4. The number of hydrogen-bond donors (Lipinski definition) is 2. The predicted molar refractivity (Wildman–Crippen MR) is 91.1 cm³/mol. The maximum atomic E-state index is 11.9. The monoisotopic (exact) mass is 328 g/mol. The number of nitrogens with one attached hydrogen (secondary N) is 2. The molecule has 2 N–H and O–H groups in total. The van der Waals surface area contributed by atoms with Crippen LogP contribution in [0.1, 0.15) is 15.9 Å². The molecule has 2 rings (SSSR count). The van der Waals surface area contributed by atoms with Crippen molar-refractivity contribution >= 4 is 17.6 Å². The van der Waals surface area contributed by atoms with E-state index in [1.54, 1.807) is 31.4 Å². The highest BCUT2D eigenvalue weighted by molar-refractivity contribution is 5.90. The molecule has 0 aromatic heterocycles. The third-order valence-electron chi connectivity index (χ3n) is 3.36. The summed E-state index contributed by atoms with van der Waals surface area (Å²) in [5.41, 5.74) is 2.06. The predicted octanol–water partition coefficient (Wildman–Crippen LogP) is 2.21. The van der Waals surface area contributed by atoms with Crippen molar-refractivity contribution in [2.24, 2.45) is 0 Å². The van der Waals surface area contributed by atoms with E-state index in [9.17, 15) is 9.59 Å². The van der Waals surface area contributed by atoms with Crippen LogP contribution in [0.4, 0.5) is 5.69 Å². The number of esters is 1. The standard InChI is InChI=1S/C18H20N2O4/c1-23-16-8-3-5-13(9-16)11-20-17(21)12-19-15-7-4-6-14(10-15)18(22)24-2/h3-10,19H,11-12H2,1-2H3,(H,20,21). The summed E-state index contributed by atoms with van der Waals surface area (Å²) in [6.07, 6.45) is 0. The van der Waals surface area contributed by atoms with E-state index in [4.69, 9.17) is 4.74 Å². The summed E-state index contributed by atoms with van der Waals surface area (Å²) < 4.78 is 9.81. The number of rotatable bonds is 7. The molecule has 6 heteroatoms. The van der Waals surface area contributed by atoms with Gasteiger partial charge in [-0.25, -0.2) is 4.79 Å². The number of ether oxygens (including phenoxy) is 2. The Morgan fingerprint density at radius 3 is 2.58 bits per heavy atom. The Bertz CT molecular complexity index is 716. The van der Waals surface area contributed by atoms with Gasteiger partial charge in [0.05, 0.1) is 26.3 Å². The van der Waals surface area contributed by atoms with Crippen molar-refractivity contribution in [3.63, 3.8) is 0 Å². The van der Waals surface area contributed by atoms with Gasteiger partial charge >= 0.3 is 5.97 Å². The molecule has 0 unspecified atom stereocenters. The lowest BCUT2D eigenvalue weighted by Gasteiger charge is -2.09. The second-order valence-electron chi connectivity index (χ2n) is 5.05. The molecule has 0 bridgehead atoms. The lowest BCUT2D eigenvalue weighted by atomic mass is 10.2. The van der Waals surface area contributed by atoms with Gasteiger partial charge in [-0.05, 0) is 35.9 Å². The van der Waals surface area contributed by atoms with Crippen LogP contribution in [0.5, 0.6) is 5.75 Å². The highest BCUT2D eigenvalue weighted by Gasteiger charge is 2.07. The van der Waals surface area contributed by atoms with Gasteiger partial charge in [-0.1, -0.05) is 18.2 Å². The van der Waals surface area contributed by atoms with Crippen LogP contribution in [0, 0.1) is 0 Å². The van der Waals surface area contributed by atoms with Crippen LogP contribution >= 0.6 is 0 Å². The number of methoxy groups -OCH3 is 2. The van der Waals surface area contributed by atoms with Gasteiger partial charge in [0.25, 0.3) is 0 Å². The first-order chi connectivity index (χ1) is 11.6. The number of carbonyl (C=O) groups excluding carboxylic acids is 2. The topological polar surface area (TPSA) is 76.7 Å². The van der Waals surface area contributed by atoms with Crippen LogP contribution in [-0.4, -0.2) is 32.6 Å². The molecular formula is C18H20N2O4. The minimum absolute atomic E-state index is 0.106. The number of anilines is 1. The van der Waals surface area contributed by atoms with Gasteiger partial charge < -0.3 is 20.1 Å². The van der Waals surface area contributed by atoms with Crippen LogP contribution in [-0.2, 0) is 16.1 Å². The van der Waals surface area contributed by atoms with E-state index in [2.05, 4.69) is 15.4 Å². The number of benzene rings is 2. The molecule has 0 radical (unpaired) electrons. The van der Waals surface area contributed by atoms with Crippen LogP contribution < -0.4 is 15.4 Å². The minimum Gasteiger partial charge on any atom is -0.497 e. The molecule has 1 amide bonds. The summed E-state index contributed by atoms with van der Waals surface area (Å²) in [6, 6.07) is 14.3. The molecule has 0 aliphatic heterocycles. The molecule has 0 saturated carbocycles. The summed E-state index contributed by atoms with van der Waals surface area (Å²) >= 11 is 0. The van der Waals surface area contributed by atoms with Crippen molar-refractivity contribution in [2.45, 2.75) is 6.54 Å². The molecule has 126 valence electrons. The molecule has 0 aliphatic carbocycles. The molecule has 2 aromatic carbocycles. The van der Waals surface area contributed by atoms with Crippen molar-refractivity contribution in [3.8, 4) is 5.75 Å². The van der Waals surface area contributed by atoms with E-state index in [0.29, 0.717) is 17.8 Å². The molecule has 2 aromatic rings. The van der Waals surface area contributed by atoms with E-state index in [-0.39, 0.29) is 12.5 Å². The summed E-state index contributed by atoms with van der Waals surface area (Å²) in [6.45, 7) is 0.522. The quantitative estimate of drug-likeness (QED) is 0.762. The Labute approximate surface area is 140 Å². The van der Waals surface area contributed by atoms with Crippen molar-refractivity contribution in [1.29, 1.82) is 0 Å². The van der Waals surface area contributed by atoms with Crippen molar-refractivity contribution in [1.82, 2.24) is 5.32 Å². The zero-order valence-corrected chi connectivity index (χ0v) is 13.7. The molecule has 6 nitrogen and oxygen atoms in total. The second-order valence-corrected chi connectivity index (χ2v) is 5.05. The van der Waals surface area contributed by atoms with Crippen LogP contribution in [0.15, 0.2) is 48.5 Å². The maximum Gasteiger partial charge on any atom is 0.337 e. The van der Waals surface area contributed by atoms with Gasteiger partial charge in [0.1, 0.15) is 5.75 Å². The third-order valence-corrected chi connectivity index (χ3v) is 3.36. The molecule has 0 saturated heterocycles. The Hall–Kier alpha value is -3.02. The van der Waals surface area contributed by atoms with Crippen molar-refractivity contribution < 1.29 is 19.1 Å². The molecular weight excluding hydrogens is 308 g/mol. The fourth-order valence-corrected chi connectivity index (χ4v) is 2.10. The fourth-order valence-electron chi connectivity index (χ4n) is 2.10. The fraction of sp³-hybridized carbons (Fsp3) is 0.222. The molecule has 0 spiro atoms. The van der Waals surface area contributed by atoms with Gasteiger partial charge in [0.2, 0.25) is 5.91 Å². The van der Waals surface area contributed by atoms with E-state index in [1.807, 2.05) is 24.3 Å². The van der Waals surface area contributed by atoms with Gasteiger partial charge in [0.15, 0.2) is 0 Å². The number of hydrogen-bond acceptors (Lipinski definition) is 5. The van der Waals surface area contributed by atoms with E-state index < -0.39 is 5.97 Å². The zero-order valence-electron chi connectivity index (χ0n) is 13.7. The van der Waals surface area contributed by atoms with Gasteiger partial charge in [-0.2, -0.15) is 0 Å². The first-order valence-electron chi connectivity index (χ1n) is 7.44. The Morgan fingerprint density at radius 1 is 1.04 bits per heavy atom. The Morgan fingerprint density at radius 2 is 1.83 bits per heavy atom. The SMILES string of the molecule is COC(=O)c1cccc(NCC(=O)NCc2cccc(OC)c2)c1. The van der Waals surface area contributed by atoms with Crippen molar-refractivity contribution in [2.75, 3.05) is 26.1 Å². The Balaban J connectivity index is 1.83. The molecule has 24 heavy (non-hydrogen) atoms. The van der Waals surface area contributed by atoms with Crippen LogP contribution in [0.2, 0.25) is 0 Å². The lowest BCUT2D eigenvalue weighted by molar-refractivity contribution is -0.119. The van der Waals surface area contributed by atoms with Crippen molar-refractivity contribution in [3.05, 3.63) is 59.7 Å². The molecule has 0 heterocycles.